The van der Waals surface area contributed by atoms with Crippen molar-refractivity contribution in [3.8, 4) is 5.88 Å². The van der Waals surface area contributed by atoms with Gasteiger partial charge in [-0.2, -0.15) is 0 Å². The highest BCUT2D eigenvalue weighted by atomic mass is 19.2. The molecular formula is C13H11FN2O2. The van der Waals surface area contributed by atoms with Gasteiger partial charge in [0.2, 0.25) is 5.88 Å². The van der Waals surface area contributed by atoms with Crippen LogP contribution >= 0.6 is 0 Å². The third-order valence-electron chi connectivity index (χ3n) is 2.35. The molecule has 18 heavy (non-hydrogen) atoms. The van der Waals surface area contributed by atoms with Gasteiger partial charge >= 0.3 is 0 Å². The van der Waals surface area contributed by atoms with Crippen molar-refractivity contribution in [2.75, 3.05) is 12.2 Å². The third-order valence-corrected chi connectivity index (χ3v) is 2.35. The van der Waals surface area contributed by atoms with Gasteiger partial charge in [0, 0.05) is 17.8 Å². The van der Waals surface area contributed by atoms with Crippen molar-refractivity contribution >= 4 is 11.6 Å². The number of ether oxygens (including phenoxy) is 1. The molecule has 0 fully saturated rings. The number of rotatable bonds is 3. The lowest BCUT2D eigenvalue weighted by Gasteiger charge is -2.12. The maximum Gasteiger partial charge on any atom is 0.286 e. The summed E-state index contributed by atoms with van der Waals surface area (Å²) in [4.78, 5) is 15.7. The van der Waals surface area contributed by atoms with Crippen molar-refractivity contribution in [1.29, 1.82) is 0 Å². The van der Waals surface area contributed by atoms with E-state index in [2.05, 4.69) is 4.98 Å². The lowest BCUT2D eigenvalue weighted by molar-refractivity contribution is 0.0931. The van der Waals surface area contributed by atoms with Gasteiger partial charge in [0.1, 0.15) is 0 Å². The van der Waals surface area contributed by atoms with E-state index in [-0.39, 0.29) is 22.3 Å². The number of benzene rings is 1. The number of nitrogens with zero attached hydrogens (tertiary/aromatic N) is 2. The second kappa shape index (κ2) is 5.27. The van der Waals surface area contributed by atoms with E-state index >= 15 is 0 Å². The molecule has 0 aliphatic carbocycles. The Labute approximate surface area is 104 Å². The molecule has 0 unspecified atom stereocenters. The van der Waals surface area contributed by atoms with Crippen molar-refractivity contribution in [2.24, 2.45) is 0 Å². The fourth-order valence-electron chi connectivity index (χ4n) is 1.44. The summed E-state index contributed by atoms with van der Waals surface area (Å²) in [6, 6.07) is 10.9. The molecular weight excluding hydrogens is 235 g/mol. The molecule has 0 saturated heterocycles. The van der Waals surface area contributed by atoms with Gasteiger partial charge < -0.3 is 4.74 Å². The SMILES string of the molecule is COc1cc(N(F)C(=O)c2ccccc2)ccn1. The average molecular weight is 246 g/mol. The monoisotopic (exact) mass is 246 g/mol. The molecule has 0 bridgehead atoms. The van der Waals surface area contributed by atoms with Gasteiger partial charge in [0.15, 0.2) is 0 Å². The Balaban J connectivity index is 2.25. The number of carbonyl (C=O) groups is 1. The normalized spacial score (nSPS) is 9.89. The fraction of sp³-hybridized carbons (Fsp3) is 0.0769. The quantitative estimate of drug-likeness (QED) is 0.782. The summed E-state index contributed by atoms with van der Waals surface area (Å²) >= 11 is 0. The van der Waals surface area contributed by atoms with Crippen molar-refractivity contribution in [3.63, 3.8) is 0 Å². The van der Waals surface area contributed by atoms with Crippen LogP contribution in [0.15, 0.2) is 48.7 Å². The molecule has 4 nitrogen and oxygen atoms in total. The van der Waals surface area contributed by atoms with Crippen LogP contribution in [0.25, 0.3) is 0 Å². The van der Waals surface area contributed by atoms with Crippen molar-refractivity contribution in [2.45, 2.75) is 0 Å². The number of pyridine rings is 1. The topological polar surface area (TPSA) is 42.4 Å². The van der Waals surface area contributed by atoms with Gasteiger partial charge in [-0.1, -0.05) is 22.7 Å². The molecule has 1 heterocycles. The molecule has 0 aliphatic heterocycles. The zero-order valence-corrected chi connectivity index (χ0v) is 9.71. The first kappa shape index (κ1) is 12.0. The van der Waals surface area contributed by atoms with Crippen LogP contribution in [0.3, 0.4) is 0 Å². The second-order valence-electron chi connectivity index (χ2n) is 3.51. The highest BCUT2D eigenvalue weighted by Gasteiger charge is 2.17. The van der Waals surface area contributed by atoms with Crippen LogP contribution in [0, 0.1) is 0 Å². The molecule has 0 radical (unpaired) electrons. The number of amides is 1. The van der Waals surface area contributed by atoms with E-state index in [9.17, 15) is 9.28 Å². The number of carbonyl (C=O) groups excluding carboxylic acids is 1. The molecule has 92 valence electrons. The van der Waals surface area contributed by atoms with Gasteiger partial charge in [0.25, 0.3) is 5.91 Å². The fourth-order valence-corrected chi connectivity index (χ4v) is 1.44. The zero-order chi connectivity index (χ0) is 13.0. The Morgan fingerprint density at radius 2 is 2.00 bits per heavy atom. The number of aromatic nitrogens is 1. The summed E-state index contributed by atoms with van der Waals surface area (Å²) in [5.41, 5.74) is 0.353. The Morgan fingerprint density at radius 1 is 1.28 bits per heavy atom. The smallest absolute Gasteiger partial charge is 0.286 e. The number of anilines is 1. The van der Waals surface area contributed by atoms with Crippen LogP contribution in [0.2, 0.25) is 0 Å². The highest BCUT2D eigenvalue weighted by molar-refractivity contribution is 6.04. The predicted octanol–water partition coefficient (Wildman–Crippen LogP) is 2.62. The highest BCUT2D eigenvalue weighted by Crippen LogP contribution is 2.20. The van der Waals surface area contributed by atoms with E-state index in [0.717, 1.165) is 0 Å². The van der Waals surface area contributed by atoms with Gasteiger partial charge in [0.05, 0.1) is 12.8 Å². The van der Waals surface area contributed by atoms with E-state index in [0.29, 0.717) is 0 Å². The Kier molecular flexibility index (Phi) is 3.52. The summed E-state index contributed by atoms with van der Waals surface area (Å²) in [6.07, 6.45) is 1.37. The maximum atomic E-state index is 13.9. The van der Waals surface area contributed by atoms with E-state index < -0.39 is 5.91 Å². The lowest BCUT2D eigenvalue weighted by Crippen LogP contribution is -2.21. The van der Waals surface area contributed by atoms with E-state index in [1.807, 2.05) is 0 Å². The van der Waals surface area contributed by atoms with Crippen LogP contribution in [0.4, 0.5) is 10.2 Å². The molecule has 0 atom stereocenters. The summed E-state index contributed by atoms with van der Waals surface area (Å²) < 4.78 is 18.8. The Hall–Kier alpha value is -2.43. The summed E-state index contributed by atoms with van der Waals surface area (Å²) in [6.45, 7) is 0. The summed E-state index contributed by atoms with van der Waals surface area (Å²) in [5, 5.41) is 0.0690. The molecule has 1 aromatic heterocycles. The summed E-state index contributed by atoms with van der Waals surface area (Å²) in [7, 11) is 1.42. The van der Waals surface area contributed by atoms with Crippen molar-refractivity contribution in [3.05, 3.63) is 54.2 Å². The standard InChI is InChI=1S/C13H11FN2O2/c1-18-12-9-11(7-8-15-12)16(14)13(17)10-5-3-2-4-6-10/h2-9H,1H3. The van der Waals surface area contributed by atoms with Crippen LogP contribution in [0.1, 0.15) is 10.4 Å². The van der Waals surface area contributed by atoms with Crippen molar-refractivity contribution in [1.82, 2.24) is 4.98 Å². The summed E-state index contributed by atoms with van der Waals surface area (Å²) in [5.74, 6) is -0.486. The van der Waals surface area contributed by atoms with Crippen LogP contribution in [-0.4, -0.2) is 18.0 Å². The molecule has 5 heteroatoms. The number of hydrogen-bond acceptors (Lipinski definition) is 3. The molecule has 1 amide bonds. The Bertz CT molecular complexity index is 546. The first-order chi connectivity index (χ1) is 8.72. The number of hydrogen-bond donors (Lipinski definition) is 0. The number of methoxy groups -OCH3 is 1. The van der Waals surface area contributed by atoms with Crippen LogP contribution in [0.5, 0.6) is 5.88 Å². The van der Waals surface area contributed by atoms with E-state index in [1.165, 1.54) is 25.4 Å². The van der Waals surface area contributed by atoms with Gasteiger partial charge in [-0.25, -0.2) is 4.98 Å². The van der Waals surface area contributed by atoms with E-state index in [1.54, 1.807) is 30.3 Å². The van der Waals surface area contributed by atoms with Crippen LogP contribution < -0.4 is 9.86 Å². The van der Waals surface area contributed by atoms with Crippen molar-refractivity contribution < 1.29 is 14.0 Å². The molecule has 0 spiro atoms. The maximum absolute atomic E-state index is 13.9. The molecule has 1 aromatic carbocycles. The first-order valence-corrected chi connectivity index (χ1v) is 5.27. The molecule has 2 rings (SSSR count). The molecule has 0 aliphatic rings. The molecule has 2 aromatic rings. The van der Waals surface area contributed by atoms with Gasteiger partial charge in [-0.3, -0.25) is 4.79 Å². The van der Waals surface area contributed by atoms with Gasteiger partial charge in [-0.15, -0.1) is 5.12 Å². The predicted molar refractivity (Wildman–Crippen MR) is 65.1 cm³/mol. The minimum atomic E-state index is -0.733. The lowest BCUT2D eigenvalue weighted by atomic mass is 10.2. The minimum Gasteiger partial charge on any atom is -0.481 e. The largest absolute Gasteiger partial charge is 0.481 e. The molecule has 0 saturated carbocycles. The Morgan fingerprint density at radius 3 is 2.67 bits per heavy atom. The zero-order valence-electron chi connectivity index (χ0n) is 9.71. The third kappa shape index (κ3) is 2.45. The minimum absolute atomic E-state index is 0.0690. The van der Waals surface area contributed by atoms with E-state index in [4.69, 9.17) is 4.74 Å². The second-order valence-corrected chi connectivity index (χ2v) is 3.51. The molecule has 0 N–H and O–H groups in total. The average Bonchev–Trinajstić information content (AvgIpc) is 2.46. The van der Waals surface area contributed by atoms with Crippen LogP contribution in [-0.2, 0) is 0 Å². The first-order valence-electron chi connectivity index (χ1n) is 5.27. The van der Waals surface area contributed by atoms with Gasteiger partial charge in [-0.05, 0) is 18.2 Å². The number of halogens is 1.